The summed E-state index contributed by atoms with van der Waals surface area (Å²) in [7, 11) is 1.63. The van der Waals surface area contributed by atoms with E-state index >= 15 is 0 Å². The molecule has 0 radical (unpaired) electrons. The quantitative estimate of drug-likeness (QED) is 0.660. The average Bonchev–Trinajstić information content (AvgIpc) is 3.17. The number of methoxy groups -OCH3 is 1. The van der Waals surface area contributed by atoms with E-state index in [-0.39, 0.29) is 23.8 Å². The third kappa shape index (κ3) is 4.50. The van der Waals surface area contributed by atoms with Gasteiger partial charge in [0.05, 0.1) is 30.2 Å². The van der Waals surface area contributed by atoms with E-state index < -0.39 is 6.04 Å². The Morgan fingerprint density at radius 1 is 1.19 bits per heavy atom. The van der Waals surface area contributed by atoms with Gasteiger partial charge < -0.3 is 20.3 Å². The molecule has 2 aromatic rings. The molecule has 0 aromatic heterocycles. The van der Waals surface area contributed by atoms with Gasteiger partial charge in [0.25, 0.3) is 5.91 Å². The number of nitrogens with zero attached hydrogens (tertiary/aromatic N) is 1. The molecule has 32 heavy (non-hydrogen) atoms. The molecule has 1 saturated heterocycles. The molecule has 2 atom stereocenters. The van der Waals surface area contributed by atoms with Gasteiger partial charge in [0, 0.05) is 6.54 Å². The number of carbonyl (C=O) groups excluding carboxylic acids is 3. The smallest absolute Gasteiger partial charge is 0.256 e. The van der Waals surface area contributed by atoms with E-state index in [9.17, 15) is 14.4 Å². The van der Waals surface area contributed by atoms with Gasteiger partial charge in [-0.3, -0.25) is 14.4 Å². The molecular formula is C24H25N3O4S. The second-order valence-corrected chi connectivity index (χ2v) is 8.61. The van der Waals surface area contributed by atoms with Crippen molar-refractivity contribution in [1.82, 2.24) is 10.2 Å². The van der Waals surface area contributed by atoms with Gasteiger partial charge in [0.15, 0.2) is 0 Å². The molecule has 2 aliphatic heterocycles. The lowest BCUT2D eigenvalue weighted by Crippen LogP contribution is -2.51. The highest BCUT2D eigenvalue weighted by Crippen LogP contribution is 2.30. The highest BCUT2D eigenvalue weighted by atomic mass is 32.2. The second kappa shape index (κ2) is 9.48. The first-order chi connectivity index (χ1) is 15.5. The molecule has 0 bridgehead atoms. The van der Waals surface area contributed by atoms with Gasteiger partial charge in [-0.1, -0.05) is 30.4 Å². The Bertz CT molecular complexity index is 1070. The zero-order chi connectivity index (χ0) is 22.7. The maximum atomic E-state index is 13.3. The topological polar surface area (TPSA) is 87.7 Å². The fraction of sp³-hybridized carbons (Fsp3) is 0.292. The van der Waals surface area contributed by atoms with Crippen molar-refractivity contribution in [2.75, 3.05) is 31.0 Å². The molecule has 0 saturated carbocycles. The highest BCUT2D eigenvalue weighted by Gasteiger charge is 2.45. The number of amides is 3. The van der Waals surface area contributed by atoms with Crippen LogP contribution in [0.2, 0.25) is 0 Å². The van der Waals surface area contributed by atoms with E-state index in [1.165, 1.54) is 11.8 Å². The molecular weight excluding hydrogens is 426 g/mol. The van der Waals surface area contributed by atoms with Crippen LogP contribution >= 0.6 is 11.8 Å². The zero-order valence-corrected chi connectivity index (χ0v) is 18.8. The van der Waals surface area contributed by atoms with Crippen LogP contribution in [0.4, 0.5) is 5.69 Å². The molecule has 1 fully saturated rings. The van der Waals surface area contributed by atoms with E-state index in [1.54, 1.807) is 24.1 Å². The number of hydrogen-bond donors (Lipinski definition) is 2. The van der Waals surface area contributed by atoms with E-state index in [4.69, 9.17) is 4.74 Å². The van der Waals surface area contributed by atoms with Crippen LogP contribution in [0.1, 0.15) is 27.9 Å². The number of anilines is 1. The Kier molecular flexibility index (Phi) is 6.50. The normalized spacial score (nSPS) is 19.9. The van der Waals surface area contributed by atoms with E-state index in [0.717, 1.165) is 16.9 Å². The summed E-state index contributed by atoms with van der Waals surface area (Å²) in [5.74, 6) is 0.507. The number of hydrogen-bond acceptors (Lipinski definition) is 5. The number of rotatable bonds is 6. The lowest BCUT2D eigenvalue weighted by Gasteiger charge is -2.24. The summed E-state index contributed by atoms with van der Waals surface area (Å²) < 4.78 is 5.18. The number of nitrogens with one attached hydrogen (secondary N) is 2. The Hall–Kier alpha value is -3.26. The SMILES string of the molecule is COc1ccc(C=Cc2ccc3c(c2)C(=O)N2CC[C@H](NC(=O)CSC)[C@H]2C(=O)N3)cc1. The first-order valence-electron chi connectivity index (χ1n) is 10.4. The Balaban J connectivity index is 1.55. The van der Waals surface area contributed by atoms with Gasteiger partial charge in [-0.2, -0.15) is 11.8 Å². The Morgan fingerprint density at radius 2 is 1.91 bits per heavy atom. The predicted octanol–water partition coefficient (Wildman–Crippen LogP) is 2.88. The van der Waals surface area contributed by atoms with Gasteiger partial charge >= 0.3 is 0 Å². The lowest BCUT2D eigenvalue weighted by atomic mass is 10.1. The lowest BCUT2D eigenvalue weighted by molar-refractivity contribution is -0.122. The summed E-state index contributed by atoms with van der Waals surface area (Å²) in [5.41, 5.74) is 2.80. The van der Waals surface area contributed by atoms with Crippen molar-refractivity contribution in [2.45, 2.75) is 18.5 Å². The van der Waals surface area contributed by atoms with Crippen molar-refractivity contribution >= 4 is 47.3 Å². The fourth-order valence-electron chi connectivity index (χ4n) is 4.10. The van der Waals surface area contributed by atoms with Crippen molar-refractivity contribution in [2.24, 2.45) is 0 Å². The minimum Gasteiger partial charge on any atom is -0.497 e. The summed E-state index contributed by atoms with van der Waals surface area (Å²) in [6.45, 7) is 0.423. The highest BCUT2D eigenvalue weighted by molar-refractivity contribution is 7.99. The van der Waals surface area contributed by atoms with Crippen molar-refractivity contribution in [3.8, 4) is 5.75 Å². The molecule has 0 aliphatic carbocycles. The number of ether oxygens (including phenoxy) is 1. The molecule has 4 rings (SSSR count). The van der Waals surface area contributed by atoms with E-state index in [1.807, 2.05) is 48.7 Å². The van der Waals surface area contributed by atoms with E-state index in [2.05, 4.69) is 10.6 Å². The maximum Gasteiger partial charge on any atom is 0.256 e. The third-order valence-corrected chi connectivity index (χ3v) is 6.22. The molecule has 0 unspecified atom stereocenters. The van der Waals surface area contributed by atoms with Crippen LogP contribution in [0.25, 0.3) is 12.2 Å². The van der Waals surface area contributed by atoms with Gasteiger partial charge in [-0.15, -0.1) is 0 Å². The fourth-order valence-corrected chi connectivity index (χ4v) is 4.44. The van der Waals surface area contributed by atoms with Gasteiger partial charge in [0.1, 0.15) is 11.8 Å². The minimum atomic E-state index is -0.709. The average molecular weight is 452 g/mol. The minimum absolute atomic E-state index is 0.127. The molecule has 166 valence electrons. The molecule has 2 N–H and O–H groups in total. The second-order valence-electron chi connectivity index (χ2n) is 7.74. The zero-order valence-electron chi connectivity index (χ0n) is 18.0. The number of benzene rings is 2. The van der Waals surface area contributed by atoms with Gasteiger partial charge in [-0.05, 0) is 48.1 Å². The monoisotopic (exact) mass is 451 g/mol. The van der Waals surface area contributed by atoms with Crippen LogP contribution in [0, 0.1) is 0 Å². The first-order valence-corrected chi connectivity index (χ1v) is 11.8. The molecule has 2 heterocycles. The van der Waals surface area contributed by atoms with E-state index in [0.29, 0.717) is 30.0 Å². The first kappa shape index (κ1) is 22.0. The maximum absolute atomic E-state index is 13.3. The molecule has 7 nitrogen and oxygen atoms in total. The van der Waals surface area contributed by atoms with Crippen LogP contribution in [-0.4, -0.2) is 60.4 Å². The molecule has 3 amide bonds. The predicted molar refractivity (Wildman–Crippen MR) is 127 cm³/mol. The number of carbonyl (C=O) groups is 3. The number of fused-ring (bicyclic) bond motifs is 2. The van der Waals surface area contributed by atoms with Crippen LogP contribution in [0.3, 0.4) is 0 Å². The van der Waals surface area contributed by atoms with Crippen LogP contribution in [0.5, 0.6) is 5.75 Å². The van der Waals surface area contributed by atoms with Gasteiger partial charge in [-0.25, -0.2) is 0 Å². The summed E-state index contributed by atoms with van der Waals surface area (Å²) >= 11 is 1.42. The Labute approximate surface area is 191 Å². The number of thioether (sulfide) groups is 1. The van der Waals surface area contributed by atoms with Gasteiger partial charge in [0.2, 0.25) is 11.8 Å². The third-order valence-electron chi connectivity index (χ3n) is 5.67. The Morgan fingerprint density at radius 3 is 2.62 bits per heavy atom. The van der Waals surface area contributed by atoms with Crippen LogP contribution < -0.4 is 15.4 Å². The van der Waals surface area contributed by atoms with Crippen LogP contribution in [-0.2, 0) is 9.59 Å². The van der Waals surface area contributed by atoms with Crippen molar-refractivity contribution in [1.29, 1.82) is 0 Å². The van der Waals surface area contributed by atoms with Crippen molar-refractivity contribution in [3.63, 3.8) is 0 Å². The molecule has 2 aromatic carbocycles. The van der Waals surface area contributed by atoms with Crippen molar-refractivity contribution < 1.29 is 19.1 Å². The largest absolute Gasteiger partial charge is 0.497 e. The standard InChI is InChI=1S/C24H25N3O4S/c1-31-17-8-5-15(6-9-17)3-4-16-7-10-19-18(13-16)24(30)27-12-11-20(22(27)23(29)26-19)25-21(28)14-32-2/h3-10,13,20,22H,11-12,14H2,1-2H3,(H,25,28)(H,26,29)/t20-,22-/m0/s1. The summed E-state index contributed by atoms with van der Waals surface area (Å²) in [5, 5.41) is 5.79. The van der Waals surface area contributed by atoms with Crippen LogP contribution in [0.15, 0.2) is 42.5 Å². The molecule has 0 spiro atoms. The molecule has 2 aliphatic rings. The molecule has 8 heteroatoms. The summed E-state index contributed by atoms with van der Waals surface area (Å²) in [4.78, 5) is 39.8. The summed E-state index contributed by atoms with van der Waals surface area (Å²) in [6, 6.07) is 12.0. The van der Waals surface area contributed by atoms with Crippen molar-refractivity contribution in [3.05, 3.63) is 59.2 Å². The summed E-state index contributed by atoms with van der Waals surface area (Å²) in [6.07, 6.45) is 6.28.